The number of carbonyl (C=O) groups is 3. The van der Waals surface area contributed by atoms with Crippen LogP contribution in [0, 0.1) is 0 Å². The van der Waals surface area contributed by atoms with Crippen molar-refractivity contribution in [1.82, 2.24) is 15.3 Å². The number of esters is 1. The van der Waals surface area contributed by atoms with Crippen LogP contribution in [0.5, 0.6) is 17.2 Å². The zero-order valence-electron chi connectivity index (χ0n) is 27.6. The molecule has 1 aromatic heterocycles. The Hall–Kier alpha value is -4.93. The van der Waals surface area contributed by atoms with Crippen LogP contribution in [0.15, 0.2) is 54.9 Å². The summed E-state index contributed by atoms with van der Waals surface area (Å²) in [5.74, 6) is -1.03. The summed E-state index contributed by atoms with van der Waals surface area (Å²) >= 11 is 0. The number of piperidine rings is 1. The van der Waals surface area contributed by atoms with E-state index in [0.29, 0.717) is 87.3 Å². The van der Waals surface area contributed by atoms with Gasteiger partial charge in [-0.2, -0.15) is 0 Å². The van der Waals surface area contributed by atoms with E-state index in [2.05, 4.69) is 20.2 Å². The summed E-state index contributed by atoms with van der Waals surface area (Å²) in [5, 5.41) is 26.4. The van der Waals surface area contributed by atoms with Crippen molar-refractivity contribution in [1.29, 1.82) is 0 Å². The van der Waals surface area contributed by atoms with Gasteiger partial charge in [0.1, 0.15) is 28.6 Å². The fourth-order valence-corrected chi connectivity index (χ4v) is 6.39. The minimum Gasteiger partial charge on any atom is -0.507 e. The molecule has 11 nitrogen and oxygen atoms in total. The number of amides is 1. The molecule has 3 heterocycles. The predicted molar refractivity (Wildman–Crippen MR) is 181 cm³/mol. The average molecular weight is 657 g/mol. The molecule has 0 saturated carbocycles. The van der Waals surface area contributed by atoms with E-state index in [1.54, 1.807) is 62.8 Å². The molecule has 1 amide bonds. The molecule has 2 aliphatic heterocycles. The summed E-state index contributed by atoms with van der Waals surface area (Å²) < 4.78 is 11.1. The lowest BCUT2D eigenvalue weighted by atomic mass is 9.84. The molecule has 11 heteroatoms. The van der Waals surface area contributed by atoms with Crippen molar-refractivity contribution in [2.75, 3.05) is 25.1 Å². The van der Waals surface area contributed by atoms with E-state index < -0.39 is 23.7 Å². The topological polar surface area (TPSA) is 151 Å². The zero-order chi connectivity index (χ0) is 34.0. The summed E-state index contributed by atoms with van der Waals surface area (Å²) in [7, 11) is 1.55. The summed E-state index contributed by atoms with van der Waals surface area (Å²) in [6.45, 7) is 3.13. The summed E-state index contributed by atoms with van der Waals surface area (Å²) in [5.41, 5.74) is 0.931. The number of rotatable bonds is 7. The third-order valence-electron chi connectivity index (χ3n) is 9.00. The number of ether oxygens (including phenoxy) is 2. The molecular weight excluding hydrogens is 612 g/mol. The number of ketones is 1. The molecule has 1 unspecified atom stereocenters. The van der Waals surface area contributed by atoms with Crippen LogP contribution in [-0.4, -0.2) is 70.2 Å². The maximum absolute atomic E-state index is 13.6. The fraction of sp³-hybridized carbons (Fsp3) is 0.432. The van der Waals surface area contributed by atoms with Crippen molar-refractivity contribution < 1.29 is 34.1 Å². The number of anilines is 1. The predicted octanol–water partition coefficient (Wildman–Crippen LogP) is 5.69. The van der Waals surface area contributed by atoms with Crippen molar-refractivity contribution in [2.45, 2.75) is 82.8 Å². The van der Waals surface area contributed by atoms with Gasteiger partial charge in [0.05, 0.1) is 13.2 Å². The van der Waals surface area contributed by atoms with Crippen LogP contribution in [0.1, 0.15) is 97.7 Å². The van der Waals surface area contributed by atoms with E-state index >= 15 is 0 Å². The summed E-state index contributed by atoms with van der Waals surface area (Å²) in [6.07, 6.45) is 10.9. The van der Waals surface area contributed by atoms with Gasteiger partial charge in [0.15, 0.2) is 0 Å². The highest BCUT2D eigenvalue weighted by molar-refractivity contribution is 5.98. The minimum atomic E-state index is -0.799. The molecule has 0 radical (unpaired) electrons. The second-order valence-corrected chi connectivity index (χ2v) is 12.5. The molecule has 3 N–H and O–H groups in total. The largest absolute Gasteiger partial charge is 0.507 e. The van der Waals surface area contributed by atoms with Gasteiger partial charge in [-0.3, -0.25) is 9.59 Å². The molecule has 0 bridgehead atoms. The van der Waals surface area contributed by atoms with Gasteiger partial charge in [0.2, 0.25) is 11.9 Å². The Morgan fingerprint density at radius 3 is 2.48 bits per heavy atom. The number of fused-ring (bicyclic) bond motifs is 1. The van der Waals surface area contributed by atoms with Crippen molar-refractivity contribution >= 4 is 29.7 Å². The first-order valence-electron chi connectivity index (χ1n) is 16.7. The molecular formula is C37H44N4O7. The van der Waals surface area contributed by atoms with E-state index in [9.17, 15) is 24.6 Å². The van der Waals surface area contributed by atoms with E-state index in [0.717, 1.165) is 0 Å². The second-order valence-electron chi connectivity index (χ2n) is 12.5. The first-order valence-corrected chi connectivity index (χ1v) is 16.7. The lowest BCUT2D eigenvalue weighted by molar-refractivity contribution is -0.122. The standard InChI is InChI=1S/C37H44N4O7/c1-24-8-6-11-28(42)10-5-3-4-9-26-22-31(43)34(35(45)33(26)36(46)48-24)30(25-12-14-29(47-2)15-13-25)23-32(44)40-27-16-20-41(21-17-27)37-38-18-7-19-39-37/h4,7,9,12-15,18-19,22,24,27,30,43,45H,3,5-6,8,10-11,16-17,20-21,23H2,1-2H3,(H,40,44)/t24-,30?/m0/s1. The van der Waals surface area contributed by atoms with Gasteiger partial charge in [0.25, 0.3) is 0 Å². The van der Waals surface area contributed by atoms with E-state index in [-0.39, 0.29) is 41.0 Å². The lowest BCUT2D eigenvalue weighted by Crippen LogP contribution is -2.45. The highest BCUT2D eigenvalue weighted by Crippen LogP contribution is 2.44. The third kappa shape index (κ3) is 8.70. The Bertz CT molecular complexity index is 1600. The van der Waals surface area contributed by atoms with Crippen LogP contribution in [0.4, 0.5) is 5.95 Å². The van der Waals surface area contributed by atoms with Crippen molar-refractivity contribution in [3.05, 3.63) is 77.1 Å². The number of nitrogens with zero attached hydrogens (tertiary/aromatic N) is 3. The fourth-order valence-electron chi connectivity index (χ4n) is 6.39. The van der Waals surface area contributed by atoms with E-state index in [4.69, 9.17) is 9.47 Å². The first-order chi connectivity index (χ1) is 23.2. The van der Waals surface area contributed by atoms with Crippen molar-refractivity contribution in [3.63, 3.8) is 0 Å². The van der Waals surface area contributed by atoms with E-state index in [1.165, 1.54) is 6.07 Å². The summed E-state index contributed by atoms with van der Waals surface area (Å²) in [6, 6.07) is 10.2. The quantitative estimate of drug-likeness (QED) is 0.271. The van der Waals surface area contributed by atoms with Crippen molar-refractivity contribution in [3.8, 4) is 17.2 Å². The molecule has 3 aromatic rings. The van der Waals surface area contributed by atoms with Crippen LogP contribution in [0.3, 0.4) is 0 Å². The number of phenolic OH excluding ortho intramolecular Hbond substituents is 2. The molecule has 2 atom stereocenters. The minimum absolute atomic E-state index is 0.0647. The van der Waals surface area contributed by atoms with Gasteiger partial charge in [-0.05, 0) is 80.8 Å². The molecule has 5 rings (SSSR count). The Labute approximate surface area is 281 Å². The molecule has 2 aromatic carbocycles. The van der Waals surface area contributed by atoms with Gasteiger partial charge in [0, 0.05) is 62.3 Å². The highest BCUT2D eigenvalue weighted by atomic mass is 16.5. The number of Topliss-reactive ketones (excluding diaryl/α,β-unsaturated/α-hetero) is 1. The van der Waals surface area contributed by atoms with Gasteiger partial charge in [-0.15, -0.1) is 0 Å². The number of allylic oxidation sites excluding steroid dienone is 1. The average Bonchev–Trinajstić information content (AvgIpc) is 3.08. The SMILES string of the molecule is COc1ccc(C(CC(=O)NC2CCN(c3ncccn3)CC2)c2c(O)cc3c(c2O)C(=O)O[C@@H](C)CCCC(=O)CCCC=C3)cc1. The van der Waals surface area contributed by atoms with Crippen LogP contribution in [0.25, 0.3) is 6.08 Å². The number of aromatic nitrogens is 2. The molecule has 2 aliphatic rings. The third-order valence-corrected chi connectivity index (χ3v) is 9.00. The maximum Gasteiger partial charge on any atom is 0.342 e. The summed E-state index contributed by atoms with van der Waals surface area (Å²) in [4.78, 5) is 50.2. The number of carbonyl (C=O) groups excluding carboxylic acids is 3. The first kappa shape index (κ1) is 34.4. The smallest absolute Gasteiger partial charge is 0.342 e. The zero-order valence-corrected chi connectivity index (χ0v) is 27.6. The molecule has 0 spiro atoms. The second kappa shape index (κ2) is 16.3. The normalized spacial score (nSPS) is 18.7. The number of cyclic esters (lactones) is 1. The number of hydrogen-bond acceptors (Lipinski definition) is 10. The Morgan fingerprint density at radius 1 is 1.06 bits per heavy atom. The number of phenols is 2. The Morgan fingerprint density at radius 2 is 1.77 bits per heavy atom. The Balaban J connectivity index is 1.44. The molecule has 1 saturated heterocycles. The molecule has 0 aliphatic carbocycles. The Kier molecular flexibility index (Phi) is 11.7. The highest BCUT2D eigenvalue weighted by Gasteiger charge is 2.32. The number of methoxy groups -OCH3 is 1. The number of benzene rings is 2. The molecule has 1 fully saturated rings. The van der Waals surface area contributed by atoms with Gasteiger partial charge in [-0.1, -0.05) is 24.3 Å². The van der Waals surface area contributed by atoms with E-state index in [1.807, 2.05) is 6.08 Å². The van der Waals surface area contributed by atoms with Crippen LogP contribution in [0.2, 0.25) is 0 Å². The van der Waals surface area contributed by atoms with Crippen molar-refractivity contribution in [2.24, 2.45) is 0 Å². The number of aromatic hydroxyl groups is 2. The molecule has 254 valence electrons. The maximum atomic E-state index is 13.6. The van der Waals surface area contributed by atoms with Crippen LogP contribution in [-0.2, 0) is 14.3 Å². The number of nitrogens with one attached hydrogen (secondary N) is 1. The van der Waals surface area contributed by atoms with Crippen LogP contribution < -0.4 is 15.0 Å². The van der Waals surface area contributed by atoms with Gasteiger partial charge in [-0.25, -0.2) is 14.8 Å². The lowest BCUT2D eigenvalue weighted by Gasteiger charge is -2.32. The van der Waals surface area contributed by atoms with Gasteiger partial charge >= 0.3 is 5.97 Å². The van der Waals surface area contributed by atoms with Gasteiger partial charge < -0.3 is 29.9 Å². The number of hydrogen-bond donors (Lipinski definition) is 3. The molecule has 48 heavy (non-hydrogen) atoms. The monoisotopic (exact) mass is 656 g/mol. The van der Waals surface area contributed by atoms with Crippen LogP contribution >= 0.6 is 0 Å².